The monoisotopic (exact) mass is 403 g/mol. The molecule has 0 aliphatic carbocycles. The maximum atomic E-state index is 13.1. The lowest BCUT2D eigenvalue weighted by Crippen LogP contribution is -2.10. The summed E-state index contributed by atoms with van der Waals surface area (Å²) < 4.78 is 7.01. The number of hydrogen-bond acceptors (Lipinski definition) is 5. The van der Waals surface area contributed by atoms with E-state index in [0.29, 0.717) is 21.9 Å². The third kappa shape index (κ3) is 4.16. The summed E-state index contributed by atoms with van der Waals surface area (Å²) in [6.45, 7) is 0.911. The Hall–Kier alpha value is -3.15. The number of carbonyl (C=O) groups is 1. The maximum Gasteiger partial charge on any atom is 0.206 e. The van der Waals surface area contributed by atoms with Crippen molar-refractivity contribution in [1.82, 2.24) is 5.32 Å². The fourth-order valence-corrected chi connectivity index (χ4v) is 4.27. The normalized spacial score (nSPS) is 10.9. The first-order chi connectivity index (χ1) is 14.2. The summed E-state index contributed by atoms with van der Waals surface area (Å²) in [6.07, 6.45) is 0.940. The van der Waals surface area contributed by atoms with E-state index in [1.54, 1.807) is 30.3 Å². The second kappa shape index (κ2) is 8.47. The lowest BCUT2D eigenvalue weighted by Gasteiger charge is -2.09. The number of fused-ring (bicyclic) bond motifs is 1. The molecule has 0 fully saturated rings. The number of ketones is 1. The zero-order chi connectivity index (χ0) is 20.2. The van der Waals surface area contributed by atoms with Gasteiger partial charge < -0.3 is 15.2 Å². The SMILES string of the molecule is CNCCc1ccc(Oc2c(C(=O)c3ccccc3)sc3cc(O)ccc23)cc1. The fraction of sp³-hybridized carbons (Fsp3) is 0.125. The molecule has 146 valence electrons. The topological polar surface area (TPSA) is 58.6 Å². The van der Waals surface area contributed by atoms with Crippen LogP contribution in [0, 0.1) is 0 Å². The highest BCUT2D eigenvalue weighted by atomic mass is 32.1. The summed E-state index contributed by atoms with van der Waals surface area (Å²) in [5.41, 5.74) is 1.82. The lowest BCUT2D eigenvalue weighted by atomic mass is 10.1. The number of nitrogens with one attached hydrogen (secondary N) is 1. The van der Waals surface area contributed by atoms with Gasteiger partial charge in [-0.05, 0) is 55.9 Å². The number of carbonyl (C=O) groups excluding carboxylic acids is 1. The molecule has 2 N–H and O–H groups in total. The predicted molar refractivity (Wildman–Crippen MR) is 118 cm³/mol. The van der Waals surface area contributed by atoms with Gasteiger partial charge in [-0.15, -0.1) is 11.3 Å². The summed E-state index contributed by atoms with van der Waals surface area (Å²) in [4.78, 5) is 13.7. The van der Waals surface area contributed by atoms with Crippen LogP contribution in [0.3, 0.4) is 0 Å². The average Bonchev–Trinajstić information content (AvgIpc) is 3.10. The number of hydrogen-bond donors (Lipinski definition) is 2. The summed E-state index contributed by atoms with van der Waals surface area (Å²) in [5, 5.41) is 13.8. The highest BCUT2D eigenvalue weighted by molar-refractivity contribution is 7.21. The van der Waals surface area contributed by atoms with Crippen molar-refractivity contribution in [2.24, 2.45) is 0 Å². The standard InChI is InChI=1S/C24H21NO3S/c1-25-14-13-16-7-10-19(11-8-16)28-23-20-12-9-18(26)15-21(20)29-24(23)22(27)17-5-3-2-4-6-17/h2-12,15,25-26H,13-14H2,1H3. The largest absolute Gasteiger partial charge is 0.508 e. The summed E-state index contributed by atoms with van der Waals surface area (Å²) in [5.74, 6) is 1.28. The smallest absolute Gasteiger partial charge is 0.206 e. The number of phenols is 1. The molecule has 0 aliphatic heterocycles. The van der Waals surface area contributed by atoms with Crippen molar-refractivity contribution in [1.29, 1.82) is 0 Å². The van der Waals surface area contributed by atoms with Crippen LogP contribution < -0.4 is 10.1 Å². The molecule has 0 radical (unpaired) electrons. The second-order valence-electron chi connectivity index (χ2n) is 6.74. The minimum Gasteiger partial charge on any atom is -0.508 e. The molecule has 0 saturated heterocycles. The quantitative estimate of drug-likeness (QED) is 0.406. The molecule has 0 spiro atoms. The zero-order valence-electron chi connectivity index (χ0n) is 16.0. The van der Waals surface area contributed by atoms with Crippen molar-refractivity contribution in [2.75, 3.05) is 13.6 Å². The molecule has 4 aromatic rings. The van der Waals surface area contributed by atoms with Gasteiger partial charge in [-0.3, -0.25) is 4.79 Å². The van der Waals surface area contributed by atoms with Crippen LogP contribution in [-0.2, 0) is 6.42 Å². The Morgan fingerprint density at radius 2 is 1.79 bits per heavy atom. The fourth-order valence-electron chi connectivity index (χ4n) is 3.14. The number of benzene rings is 3. The van der Waals surface area contributed by atoms with Gasteiger partial charge in [-0.25, -0.2) is 0 Å². The Labute approximate surface area is 173 Å². The van der Waals surface area contributed by atoms with Crippen LogP contribution in [0.1, 0.15) is 20.8 Å². The number of thiophene rings is 1. The highest BCUT2D eigenvalue weighted by Gasteiger charge is 2.22. The molecule has 3 aromatic carbocycles. The Bertz CT molecular complexity index is 1130. The van der Waals surface area contributed by atoms with Crippen molar-refractivity contribution >= 4 is 27.2 Å². The van der Waals surface area contributed by atoms with Crippen molar-refractivity contribution in [3.05, 3.63) is 88.8 Å². The molecule has 1 heterocycles. The van der Waals surface area contributed by atoms with Crippen LogP contribution in [0.5, 0.6) is 17.2 Å². The molecular formula is C24H21NO3S. The number of phenolic OH excluding ortho intramolecular Hbond substituents is 1. The average molecular weight is 404 g/mol. The summed E-state index contributed by atoms with van der Waals surface area (Å²) in [7, 11) is 1.93. The van der Waals surface area contributed by atoms with Crippen molar-refractivity contribution in [3.8, 4) is 17.2 Å². The molecule has 0 unspecified atom stereocenters. The van der Waals surface area contributed by atoms with Crippen LogP contribution in [0.15, 0.2) is 72.8 Å². The van der Waals surface area contributed by atoms with E-state index in [1.807, 2.05) is 49.5 Å². The molecule has 0 aliphatic rings. The highest BCUT2D eigenvalue weighted by Crippen LogP contribution is 2.42. The second-order valence-corrected chi connectivity index (χ2v) is 7.79. The molecule has 29 heavy (non-hydrogen) atoms. The Morgan fingerprint density at radius 1 is 1.03 bits per heavy atom. The first-order valence-corrected chi connectivity index (χ1v) is 10.2. The van der Waals surface area contributed by atoms with E-state index >= 15 is 0 Å². The van der Waals surface area contributed by atoms with Gasteiger partial charge in [0.05, 0.1) is 0 Å². The minimum absolute atomic E-state index is 0.0908. The Balaban J connectivity index is 1.73. The molecule has 0 amide bonds. The molecule has 4 rings (SSSR count). The molecular weight excluding hydrogens is 382 g/mol. The first kappa shape index (κ1) is 19.2. The van der Waals surface area contributed by atoms with E-state index in [2.05, 4.69) is 5.32 Å². The maximum absolute atomic E-state index is 13.1. The van der Waals surface area contributed by atoms with Gasteiger partial charge in [0.1, 0.15) is 16.4 Å². The van der Waals surface area contributed by atoms with Gasteiger partial charge in [-0.1, -0.05) is 42.5 Å². The molecule has 0 atom stereocenters. The van der Waals surface area contributed by atoms with Gasteiger partial charge in [0.25, 0.3) is 0 Å². The van der Waals surface area contributed by atoms with Crippen molar-refractivity contribution in [2.45, 2.75) is 6.42 Å². The van der Waals surface area contributed by atoms with Crippen LogP contribution in [0.4, 0.5) is 0 Å². The number of likely N-dealkylation sites (N-methyl/N-ethyl adjacent to an activating group) is 1. The molecule has 5 heteroatoms. The van der Waals surface area contributed by atoms with Gasteiger partial charge in [0.2, 0.25) is 5.78 Å². The van der Waals surface area contributed by atoms with E-state index < -0.39 is 0 Å². The van der Waals surface area contributed by atoms with Crippen LogP contribution >= 0.6 is 11.3 Å². The van der Waals surface area contributed by atoms with E-state index in [-0.39, 0.29) is 11.5 Å². The molecule has 4 nitrogen and oxygen atoms in total. The Kier molecular flexibility index (Phi) is 5.60. The number of rotatable bonds is 7. The third-order valence-electron chi connectivity index (χ3n) is 4.68. The minimum atomic E-state index is -0.0908. The number of aromatic hydroxyl groups is 1. The van der Waals surface area contributed by atoms with E-state index in [0.717, 1.165) is 23.1 Å². The molecule has 0 saturated carbocycles. The van der Waals surface area contributed by atoms with Crippen LogP contribution in [-0.4, -0.2) is 24.5 Å². The van der Waals surface area contributed by atoms with Gasteiger partial charge >= 0.3 is 0 Å². The molecule has 1 aromatic heterocycles. The third-order valence-corrected chi connectivity index (χ3v) is 5.81. The van der Waals surface area contributed by atoms with Crippen molar-refractivity contribution < 1.29 is 14.6 Å². The van der Waals surface area contributed by atoms with Crippen LogP contribution in [0.2, 0.25) is 0 Å². The summed E-state index contributed by atoms with van der Waals surface area (Å²) in [6, 6.07) is 22.1. The first-order valence-electron chi connectivity index (χ1n) is 9.42. The Morgan fingerprint density at radius 3 is 2.52 bits per heavy atom. The van der Waals surface area contributed by atoms with E-state index in [9.17, 15) is 9.90 Å². The van der Waals surface area contributed by atoms with E-state index in [1.165, 1.54) is 16.9 Å². The van der Waals surface area contributed by atoms with Crippen molar-refractivity contribution in [3.63, 3.8) is 0 Å². The zero-order valence-corrected chi connectivity index (χ0v) is 16.8. The molecule has 0 bridgehead atoms. The van der Waals surface area contributed by atoms with Gasteiger partial charge in [0, 0.05) is 15.6 Å². The summed E-state index contributed by atoms with van der Waals surface area (Å²) >= 11 is 1.33. The predicted octanol–water partition coefficient (Wildman–Crippen LogP) is 5.39. The van der Waals surface area contributed by atoms with Gasteiger partial charge in [0.15, 0.2) is 5.75 Å². The van der Waals surface area contributed by atoms with Gasteiger partial charge in [-0.2, -0.15) is 0 Å². The van der Waals surface area contributed by atoms with Crippen LogP contribution in [0.25, 0.3) is 10.1 Å². The van der Waals surface area contributed by atoms with E-state index in [4.69, 9.17) is 4.74 Å². The number of ether oxygens (including phenoxy) is 1. The lowest BCUT2D eigenvalue weighted by molar-refractivity contribution is 0.104.